The molecule has 0 spiro atoms. The number of hydrogen-bond donors (Lipinski definition) is 0. The molecule has 1 saturated carbocycles. The largest absolute Gasteiger partial charge is 0.311 e. The smallest absolute Gasteiger partial charge is 0.241 e. The van der Waals surface area contributed by atoms with Crippen LogP contribution in [0.4, 0.5) is 5.69 Å². The predicted octanol–water partition coefficient (Wildman–Crippen LogP) is 0.686. The Morgan fingerprint density at radius 3 is 2.46 bits per heavy atom. The van der Waals surface area contributed by atoms with Crippen molar-refractivity contribution in [2.75, 3.05) is 44.2 Å². The molecular weight excluding hydrogens is 326 g/mol. The van der Waals surface area contributed by atoms with E-state index < -0.39 is 10.0 Å². The van der Waals surface area contributed by atoms with Crippen molar-refractivity contribution >= 4 is 21.6 Å². The number of piperazine rings is 1. The van der Waals surface area contributed by atoms with Crippen LogP contribution in [0.2, 0.25) is 0 Å². The van der Waals surface area contributed by atoms with Gasteiger partial charge in [0, 0.05) is 38.4 Å². The molecule has 1 saturated heterocycles. The Kier molecular flexibility index (Phi) is 4.10. The van der Waals surface area contributed by atoms with Crippen LogP contribution < -0.4 is 4.90 Å². The molecule has 0 bridgehead atoms. The summed E-state index contributed by atoms with van der Waals surface area (Å²) >= 11 is 0. The molecule has 0 N–H and O–H groups in total. The maximum absolute atomic E-state index is 12.6. The summed E-state index contributed by atoms with van der Waals surface area (Å²) in [6, 6.07) is 8.04. The van der Waals surface area contributed by atoms with Crippen molar-refractivity contribution in [3.63, 3.8) is 0 Å². The summed E-state index contributed by atoms with van der Waals surface area (Å²) in [6.45, 7) is 3.38. The van der Waals surface area contributed by atoms with Gasteiger partial charge < -0.3 is 4.90 Å². The number of benzene rings is 1. The molecule has 4 rings (SSSR count). The molecule has 7 heteroatoms. The number of amides is 1. The molecule has 1 aliphatic carbocycles. The van der Waals surface area contributed by atoms with Crippen LogP contribution in [0.5, 0.6) is 0 Å². The Bertz CT molecular complexity index is 737. The van der Waals surface area contributed by atoms with E-state index in [1.54, 1.807) is 4.31 Å². The summed E-state index contributed by atoms with van der Waals surface area (Å²) in [5.74, 6) is 0.110. The van der Waals surface area contributed by atoms with E-state index in [1.807, 2.05) is 23.1 Å². The van der Waals surface area contributed by atoms with Gasteiger partial charge in [0.1, 0.15) is 0 Å². The molecule has 0 aromatic heterocycles. The Morgan fingerprint density at radius 1 is 1.04 bits per heavy atom. The average molecular weight is 349 g/mol. The predicted molar refractivity (Wildman–Crippen MR) is 92.5 cm³/mol. The van der Waals surface area contributed by atoms with Gasteiger partial charge in [-0.15, -0.1) is 0 Å². The van der Waals surface area contributed by atoms with Crippen LogP contribution in [0.15, 0.2) is 24.3 Å². The molecule has 0 radical (unpaired) electrons. The highest BCUT2D eigenvalue weighted by atomic mass is 32.2. The SMILES string of the molecule is O=C(CN1CCN(S(=O)(=O)C2CC2)CC1)N1CCc2ccccc21. The number of hydrogen-bond acceptors (Lipinski definition) is 4. The van der Waals surface area contributed by atoms with Crippen molar-refractivity contribution in [2.45, 2.75) is 24.5 Å². The highest BCUT2D eigenvalue weighted by Crippen LogP contribution is 2.31. The fourth-order valence-corrected chi connectivity index (χ4v) is 5.42. The van der Waals surface area contributed by atoms with Gasteiger partial charge in [0.2, 0.25) is 15.9 Å². The van der Waals surface area contributed by atoms with Gasteiger partial charge in [0.15, 0.2) is 0 Å². The van der Waals surface area contributed by atoms with Crippen molar-refractivity contribution in [3.8, 4) is 0 Å². The van der Waals surface area contributed by atoms with E-state index in [0.29, 0.717) is 32.7 Å². The molecule has 1 aromatic carbocycles. The number of carbonyl (C=O) groups is 1. The van der Waals surface area contributed by atoms with Gasteiger partial charge in [-0.25, -0.2) is 8.42 Å². The van der Waals surface area contributed by atoms with Gasteiger partial charge in [-0.1, -0.05) is 18.2 Å². The number of rotatable bonds is 4. The first-order chi connectivity index (χ1) is 11.6. The maximum Gasteiger partial charge on any atom is 0.241 e. The van der Waals surface area contributed by atoms with Crippen LogP contribution in [-0.4, -0.2) is 68.0 Å². The molecule has 0 atom stereocenters. The fourth-order valence-electron chi connectivity index (χ4n) is 3.59. The first kappa shape index (κ1) is 16.1. The third-order valence-electron chi connectivity index (χ3n) is 5.18. The van der Waals surface area contributed by atoms with Crippen LogP contribution in [0.25, 0.3) is 0 Å². The fraction of sp³-hybridized carbons (Fsp3) is 0.588. The lowest BCUT2D eigenvalue weighted by molar-refractivity contribution is -0.119. The van der Waals surface area contributed by atoms with Gasteiger partial charge in [0.05, 0.1) is 11.8 Å². The molecule has 2 aliphatic heterocycles. The molecule has 6 nitrogen and oxygen atoms in total. The molecule has 3 aliphatic rings. The summed E-state index contributed by atoms with van der Waals surface area (Å²) in [4.78, 5) is 16.6. The average Bonchev–Trinajstić information content (AvgIpc) is 3.36. The quantitative estimate of drug-likeness (QED) is 0.802. The van der Waals surface area contributed by atoms with Crippen molar-refractivity contribution in [3.05, 3.63) is 29.8 Å². The molecule has 1 amide bonds. The monoisotopic (exact) mass is 349 g/mol. The minimum atomic E-state index is -3.09. The van der Waals surface area contributed by atoms with E-state index in [-0.39, 0.29) is 11.2 Å². The third-order valence-corrected chi connectivity index (χ3v) is 7.58. The zero-order valence-corrected chi connectivity index (χ0v) is 14.5. The summed E-state index contributed by atoms with van der Waals surface area (Å²) in [5, 5.41) is -0.146. The van der Waals surface area contributed by atoms with Gasteiger partial charge in [0.25, 0.3) is 0 Å². The highest BCUT2D eigenvalue weighted by molar-refractivity contribution is 7.90. The molecule has 2 fully saturated rings. The number of anilines is 1. The van der Waals surface area contributed by atoms with Gasteiger partial charge in [-0.05, 0) is 30.9 Å². The first-order valence-corrected chi connectivity index (χ1v) is 10.2. The Hall–Kier alpha value is -1.44. The Balaban J connectivity index is 1.34. The second kappa shape index (κ2) is 6.13. The van der Waals surface area contributed by atoms with Crippen LogP contribution >= 0.6 is 0 Å². The number of nitrogens with zero attached hydrogens (tertiary/aromatic N) is 3. The summed E-state index contributed by atoms with van der Waals surface area (Å²) < 4.78 is 26.1. The van der Waals surface area contributed by atoms with Crippen molar-refractivity contribution in [1.29, 1.82) is 0 Å². The number of para-hydroxylation sites is 1. The summed E-state index contributed by atoms with van der Waals surface area (Å²) in [6.07, 6.45) is 2.51. The molecule has 0 unspecified atom stereocenters. The van der Waals surface area contributed by atoms with Crippen molar-refractivity contribution in [2.24, 2.45) is 0 Å². The van der Waals surface area contributed by atoms with Crippen LogP contribution in [0.1, 0.15) is 18.4 Å². The highest BCUT2D eigenvalue weighted by Gasteiger charge is 2.41. The lowest BCUT2D eigenvalue weighted by Crippen LogP contribution is -2.52. The minimum absolute atomic E-state index is 0.110. The van der Waals surface area contributed by atoms with E-state index in [9.17, 15) is 13.2 Å². The van der Waals surface area contributed by atoms with E-state index in [2.05, 4.69) is 11.0 Å². The third kappa shape index (κ3) is 2.96. The molecule has 2 heterocycles. The second-order valence-electron chi connectivity index (χ2n) is 6.84. The van der Waals surface area contributed by atoms with Crippen LogP contribution in [-0.2, 0) is 21.2 Å². The standard InChI is InChI=1S/C17H23N3O3S/c21-17(20-8-7-14-3-1-2-4-16(14)20)13-18-9-11-19(12-10-18)24(22,23)15-5-6-15/h1-4,15H,5-13H2. The van der Waals surface area contributed by atoms with E-state index in [1.165, 1.54) is 5.56 Å². The molecule has 24 heavy (non-hydrogen) atoms. The zero-order valence-electron chi connectivity index (χ0n) is 13.7. The minimum Gasteiger partial charge on any atom is -0.311 e. The number of fused-ring (bicyclic) bond motifs is 1. The summed E-state index contributed by atoms with van der Waals surface area (Å²) in [7, 11) is -3.09. The van der Waals surface area contributed by atoms with Crippen LogP contribution in [0.3, 0.4) is 0 Å². The van der Waals surface area contributed by atoms with Crippen molar-refractivity contribution in [1.82, 2.24) is 9.21 Å². The zero-order chi connectivity index (χ0) is 16.7. The maximum atomic E-state index is 12.6. The Labute approximate surface area is 143 Å². The Morgan fingerprint density at radius 2 is 1.75 bits per heavy atom. The molecule has 1 aromatic rings. The van der Waals surface area contributed by atoms with E-state index >= 15 is 0 Å². The molecule has 130 valence electrons. The molecular formula is C17H23N3O3S. The van der Waals surface area contributed by atoms with Crippen molar-refractivity contribution < 1.29 is 13.2 Å². The lowest BCUT2D eigenvalue weighted by Gasteiger charge is -2.34. The van der Waals surface area contributed by atoms with E-state index in [4.69, 9.17) is 0 Å². The van der Waals surface area contributed by atoms with Gasteiger partial charge in [-0.2, -0.15) is 4.31 Å². The lowest BCUT2D eigenvalue weighted by atomic mass is 10.2. The normalized spacial score (nSPS) is 22.6. The number of sulfonamides is 1. The van der Waals surface area contributed by atoms with Crippen LogP contribution in [0, 0.1) is 0 Å². The summed E-state index contributed by atoms with van der Waals surface area (Å²) in [5.41, 5.74) is 2.25. The van der Waals surface area contributed by atoms with Gasteiger partial charge in [-0.3, -0.25) is 9.69 Å². The van der Waals surface area contributed by atoms with E-state index in [0.717, 1.165) is 31.5 Å². The second-order valence-corrected chi connectivity index (χ2v) is 9.06. The number of carbonyl (C=O) groups excluding carboxylic acids is 1. The first-order valence-electron chi connectivity index (χ1n) is 8.65. The van der Waals surface area contributed by atoms with Gasteiger partial charge >= 0.3 is 0 Å². The topological polar surface area (TPSA) is 60.9 Å².